The molecule has 0 spiro atoms. The lowest BCUT2D eigenvalue weighted by atomic mass is 10.2. The van der Waals surface area contributed by atoms with Gasteiger partial charge in [0, 0.05) is 11.3 Å². The zero-order valence-electron chi connectivity index (χ0n) is 7.68. The zero-order valence-corrected chi connectivity index (χ0v) is 8.44. The monoisotopic (exact) mass is 224 g/mol. The molecule has 2 rings (SSSR count). The summed E-state index contributed by atoms with van der Waals surface area (Å²) in [6.07, 6.45) is 0. The van der Waals surface area contributed by atoms with Gasteiger partial charge in [-0.1, -0.05) is 11.6 Å². The largest absolute Gasteiger partial charge is 0.399 e. The van der Waals surface area contributed by atoms with Crippen LogP contribution in [0.2, 0.25) is 5.02 Å². The third-order valence-corrected chi connectivity index (χ3v) is 2.28. The Labute approximate surface area is 90.6 Å². The van der Waals surface area contributed by atoms with Gasteiger partial charge in [-0.3, -0.25) is 0 Å². The van der Waals surface area contributed by atoms with E-state index in [1.54, 1.807) is 18.2 Å². The van der Waals surface area contributed by atoms with Crippen LogP contribution in [0.5, 0.6) is 0 Å². The first kappa shape index (κ1) is 9.60. The van der Waals surface area contributed by atoms with Crippen molar-refractivity contribution >= 4 is 23.2 Å². The molecular weight excluding hydrogens is 216 g/mol. The number of hydrogen-bond donors (Lipinski definition) is 3. The fourth-order valence-corrected chi connectivity index (χ4v) is 1.40. The van der Waals surface area contributed by atoms with E-state index in [1.165, 1.54) is 0 Å². The summed E-state index contributed by atoms with van der Waals surface area (Å²) in [4.78, 5) is 0. The van der Waals surface area contributed by atoms with E-state index in [2.05, 4.69) is 10.2 Å². The van der Waals surface area contributed by atoms with Crippen LogP contribution in [0.15, 0.2) is 18.2 Å². The van der Waals surface area contributed by atoms with E-state index in [0.717, 1.165) is 4.68 Å². The third kappa shape index (κ3) is 1.55. The van der Waals surface area contributed by atoms with E-state index in [1.807, 2.05) is 0 Å². The van der Waals surface area contributed by atoms with Crippen LogP contribution in [0.4, 0.5) is 11.6 Å². The Hall–Kier alpha value is -1.95. The van der Waals surface area contributed by atoms with E-state index in [4.69, 9.17) is 28.9 Å². The summed E-state index contributed by atoms with van der Waals surface area (Å²) in [5.74, 6) is 6.11. The molecule has 0 saturated heterocycles. The molecule has 0 amide bonds. The van der Waals surface area contributed by atoms with Crippen molar-refractivity contribution < 1.29 is 0 Å². The first-order valence-corrected chi connectivity index (χ1v) is 4.48. The molecule has 0 radical (unpaired) electrons. The van der Waals surface area contributed by atoms with Crippen LogP contribution in [0.3, 0.4) is 0 Å². The van der Waals surface area contributed by atoms with Crippen molar-refractivity contribution in [1.29, 1.82) is 0 Å². The van der Waals surface area contributed by atoms with Crippen molar-refractivity contribution in [2.75, 3.05) is 17.3 Å². The molecule has 6 nitrogen and oxygen atoms in total. The molecule has 78 valence electrons. The summed E-state index contributed by atoms with van der Waals surface area (Å²) >= 11 is 5.98. The van der Waals surface area contributed by atoms with Crippen molar-refractivity contribution in [3.05, 3.63) is 23.2 Å². The van der Waals surface area contributed by atoms with Gasteiger partial charge in [-0.25, -0.2) is 4.68 Å². The molecule has 0 fully saturated rings. The first-order chi connectivity index (χ1) is 7.09. The summed E-state index contributed by atoms with van der Waals surface area (Å²) in [5.41, 5.74) is 12.3. The average Bonchev–Trinajstić information content (AvgIpc) is 2.52. The van der Waals surface area contributed by atoms with Crippen LogP contribution in [0, 0.1) is 0 Å². The van der Waals surface area contributed by atoms with E-state index in [0.29, 0.717) is 22.1 Å². The van der Waals surface area contributed by atoms with Crippen LogP contribution >= 0.6 is 11.6 Å². The van der Waals surface area contributed by atoms with Gasteiger partial charge >= 0.3 is 0 Å². The van der Waals surface area contributed by atoms with Gasteiger partial charge in [0.2, 0.25) is 5.95 Å². The number of anilines is 2. The third-order valence-electron chi connectivity index (χ3n) is 1.95. The van der Waals surface area contributed by atoms with Gasteiger partial charge in [0.15, 0.2) is 5.82 Å². The van der Waals surface area contributed by atoms with Crippen molar-refractivity contribution in [3.8, 4) is 11.4 Å². The van der Waals surface area contributed by atoms with E-state index < -0.39 is 0 Å². The first-order valence-electron chi connectivity index (χ1n) is 4.11. The molecule has 1 heterocycles. The van der Waals surface area contributed by atoms with Crippen LogP contribution in [0.1, 0.15) is 0 Å². The molecule has 0 atom stereocenters. The molecule has 0 aliphatic rings. The lowest BCUT2D eigenvalue weighted by Crippen LogP contribution is -2.13. The summed E-state index contributed by atoms with van der Waals surface area (Å²) < 4.78 is 1.15. The maximum atomic E-state index is 5.98. The summed E-state index contributed by atoms with van der Waals surface area (Å²) in [7, 11) is 0. The highest BCUT2D eigenvalue weighted by atomic mass is 35.5. The van der Waals surface area contributed by atoms with Crippen LogP contribution in [0.25, 0.3) is 11.4 Å². The Bertz CT molecular complexity index is 506. The zero-order chi connectivity index (χ0) is 11.0. The van der Waals surface area contributed by atoms with E-state index >= 15 is 0 Å². The lowest BCUT2D eigenvalue weighted by molar-refractivity contribution is 1.02. The van der Waals surface area contributed by atoms with Crippen molar-refractivity contribution in [3.63, 3.8) is 0 Å². The van der Waals surface area contributed by atoms with E-state index in [9.17, 15) is 0 Å². The van der Waals surface area contributed by atoms with Gasteiger partial charge < -0.3 is 17.3 Å². The number of nitrogen functional groups attached to an aromatic ring is 3. The van der Waals surface area contributed by atoms with Gasteiger partial charge in [0.05, 0.1) is 5.02 Å². The Morgan fingerprint density at radius 2 is 1.93 bits per heavy atom. The van der Waals surface area contributed by atoms with Crippen molar-refractivity contribution in [1.82, 2.24) is 14.9 Å². The second-order valence-corrected chi connectivity index (χ2v) is 3.40. The SMILES string of the molecule is Nc1ccc(Cl)c(-c2nnc(N)n2N)c1. The van der Waals surface area contributed by atoms with Gasteiger partial charge in [0.1, 0.15) is 0 Å². The predicted octanol–water partition coefficient (Wildman–Crippen LogP) is 0.477. The maximum Gasteiger partial charge on any atom is 0.241 e. The summed E-state index contributed by atoms with van der Waals surface area (Å²) in [5, 5.41) is 7.93. The minimum Gasteiger partial charge on any atom is -0.399 e. The van der Waals surface area contributed by atoms with Gasteiger partial charge in [-0.2, -0.15) is 0 Å². The highest BCUT2D eigenvalue weighted by molar-refractivity contribution is 6.33. The lowest BCUT2D eigenvalue weighted by Gasteiger charge is -2.04. The Morgan fingerprint density at radius 3 is 2.53 bits per heavy atom. The molecule has 1 aromatic carbocycles. The number of halogens is 1. The van der Waals surface area contributed by atoms with E-state index in [-0.39, 0.29) is 5.95 Å². The fraction of sp³-hybridized carbons (Fsp3) is 0. The summed E-state index contributed by atoms with van der Waals surface area (Å²) in [6, 6.07) is 5.01. The second-order valence-electron chi connectivity index (χ2n) is 2.99. The minimum absolute atomic E-state index is 0.114. The molecule has 0 unspecified atom stereocenters. The Balaban J connectivity index is 2.63. The molecule has 15 heavy (non-hydrogen) atoms. The van der Waals surface area contributed by atoms with Crippen LogP contribution in [-0.4, -0.2) is 14.9 Å². The molecule has 0 bridgehead atoms. The smallest absolute Gasteiger partial charge is 0.241 e. The standard InChI is InChI=1S/C8H9ClN6/c9-6-2-1-4(10)3-5(6)7-13-14-8(11)15(7)12/h1-3H,10,12H2,(H2,11,14). The molecule has 1 aromatic heterocycles. The minimum atomic E-state index is 0.114. The van der Waals surface area contributed by atoms with Crippen LogP contribution < -0.4 is 17.3 Å². The van der Waals surface area contributed by atoms with Crippen LogP contribution in [-0.2, 0) is 0 Å². The van der Waals surface area contributed by atoms with Crippen molar-refractivity contribution in [2.45, 2.75) is 0 Å². The Kier molecular flexibility index (Phi) is 2.12. The highest BCUT2D eigenvalue weighted by Gasteiger charge is 2.12. The maximum absolute atomic E-state index is 5.98. The van der Waals surface area contributed by atoms with Gasteiger partial charge in [-0.15, -0.1) is 10.2 Å². The number of benzene rings is 1. The Morgan fingerprint density at radius 1 is 1.20 bits per heavy atom. The quantitative estimate of drug-likeness (QED) is 0.482. The molecular formula is C8H9ClN6. The molecule has 2 aromatic rings. The van der Waals surface area contributed by atoms with Gasteiger partial charge in [0.25, 0.3) is 0 Å². The second kappa shape index (κ2) is 3.32. The van der Waals surface area contributed by atoms with Gasteiger partial charge in [-0.05, 0) is 18.2 Å². The molecule has 7 heteroatoms. The normalized spacial score (nSPS) is 10.5. The number of nitrogens with zero attached hydrogens (tertiary/aromatic N) is 3. The molecule has 0 aliphatic heterocycles. The highest BCUT2D eigenvalue weighted by Crippen LogP contribution is 2.28. The molecule has 0 saturated carbocycles. The summed E-state index contributed by atoms with van der Waals surface area (Å²) in [6.45, 7) is 0. The van der Waals surface area contributed by atoms with Crippen molar-refractivity contribution in [2.24, 2.45) is 0 Å². The predicted molar refractivity (Wildman–Crippen MR) is 59.4 cm³/mol. The number of hydrogen-bond acceptors (Lipinski definition) is 5. The molecule has 6 N–H and O–H groups in total. The number of nitrogens with two attached hydrogens (primary N) is 3. The number of rotatable bonds is 1. The topological polar surface area (TPSA) is 109 Å². The number of aromatic nitrogens is 3. The fourth-order valence-electron chi connectivity index (χ4n) is 1.20. The molecule has 0 aliphatic carbocycles. The average molecular weight is 225 g/mol.